The molecule has 0 saturated heterocycles. The van der Waals surface area contributed by atoms with Crippen LogP contribution in [0, 0.1) is 5.82 Å². The summed E-state index contributed by atoms with van der Waals surface area (Å²) in [5.74, 6) is 0.286. The number of furan rings is 1. The van der Waals surface area contributed by atoms with Crippen molar-refractivity contribution in [3.05, 3.63) is 78.0 Å². The number of carbonyl (C=O) groups is 1. The summed E-state index contributed by atoms with van der Waals surface area (Å²) in [4.78, 5) is 14.7. The zero-order chi connectivity index (χ0) is 27.4. The van der Waals surface area contributed by atoms with Crippen LogP contribution in [-0.2, 0) is 28.0 Å². The number of hydrogen-bond acceptors (Lipinski definition) is 6. The molecule has 206 valence electrons. The Hall–Kier alpha value is -3.33. The zero-order valence-electron chi connectivity index (χ0n) is 22.0. The van der Waals surface area contributed by atoms with E-state index in [2.05, 4.69) is 6.92 Å². The lowest BCUT2D eigenvalue weighted by molar-refractivity contribution is -0.132. The molecule has 38 heavy (non-hydrogen) atoms. The van der Waals surface area contributed by atoms with E-state index >= 15 is 0 Å². The van der Waals surface area contributed by atoms with Crippen molar-refractivity contribution in [2.45, 2.75) is 76.3 Å². The maximum absolute atomic E-state index is 13.3. The number of amides is 1. The van der Waals surface area contributed by atoms with Crippen LogP contribution in [0.4, 0.5) is 4.39 Å². The SMILES string of the molecule is CCCCCCCCCC(=O)N(Cc1ccc(OC)c(OS(=O)(=O)c2ccc(F)cc2)c1)Cc1ccco1. The molecule has 2 aromatic carbocycles. The molecular formula is C29H36FNO6S. The largest absolute Gasteiger partial charge is 0.493 e. The van der Waals surface area contributed by atoms with Crippen molar-refractivity contribution in [2.24, 2.45) is 0 Å². The Morgan fingerprint density at radius 1 is 0.921 bits per heavy atom. The van der Waals surface area contributed by atoms with Gasteiger partial charge in [0.2, 0.25) is 5.91 Å². The van der Waals surface area contributed by atoms with Gasteiger partial charge in [-0.15, -0.1) is 0 Å². The summed E-state index contributed by atoms with van der Waals surface area (Å²) in [7, 11) is -2.83. The average molecular weight is 546 g/mol. The first-order chi connectivity index (χ1) is 18.3. The van der Waals surface area contributed by atoms with Crippen LogP contribution in [0.2, 0.25) is 0 Å². The molecule has 0 aliphatic carbocycles. The summed E-state index contributed by atoms with van der Waals surface area (Å²) in [5.41, 5.74) is 0.662. The molecule has 1 amide bonds. The van der Waals surface area contributed by atoms with Crippen molar-refractivity contribution >= 4 is 16.0 Å². The molecule has 0 fully saturated rings. The van der Waals surface area contributed by atoms with Crippen LogP contribution in [0.5, 0.6) is 11.5 Å². The smallest absolute Gasteiger partial charge is 0.339 e. The number of hydrogen-bond donors (Lipinski definition) is 0. The van der Waals surface area contributed by atoms with Crippen molar-refractivity contribution in [2.75, 3.05) is 7.11 Å². The Morgan fingerprint density at radius 3 is 2.29 bits per heavy atom. The Balaban J connectivity index is 1.72. The van der Waals surface area contributed by atoms with Gasteiger partial charge in [0.15, 0.2) is 11.5 Å². The van der Waals surface area contributed by atoms with Crippen LogP contribution in [0.25, 0.3) is 0 Å². The fourth-order valence-corrected chi connectivity index (χ4v) is 5.02. The number of rotatable bonds is 16. The van der Waals surface area contributed by atoms with E-state index in [1.54, 1.807) is 29.4 Å². The van der Waals surface area contributed by atoms with Crippen molar-refractivity contribution in [1.29, 1.82) is 0 Å². The molecule has 1 heterocycles. The molecule has 0 saturated carbocycles. The first kappa shape index (κ1) is 29.2. The summed E-state index contributed by atoms with van der Waals surface area (Å²) >= 11 is 0. The van der Waals surface area contributed by atoms with Gasteiger partial charge in [0.1, 0.15) is 16.5 Å². The van der Waals surface area contributed by atoms with Crippen LogP contribution in [0.3, 0.4) is 0 Å². The minimum Gasteiger partial charge on any atom is -0.493 e. The van der Waals surface area contributed by atoms with Gasteiger partial charge in [-0.25, -0.2) is 4.39 Å². The Labute approximate surface area is 224 Å². The quantitative estimate of drug-likeness (QED) is 0.144. The lowest BCUT2D eigenvalue weighted by Crippen LogP contribution is -2.29. The highest BCUT2D eigenvalue weighted by atomic mass is 32.2. The van der Waals surface area contributed by atoms with Crippen molar-refractivity contribution in [3.8, 4) is 11.5 Å². The van der Waals surface area contributed by atoms with E-state index in [1.165, 1.54) is 38.9 Å². The molecule has 0 spiro atoms. The zero-order valence-corrected chi connectivity index (χ0v) is 22.8. The standard InChI is InChI=1S/C29H36FNO6S/c1-3-4-5-6-7-8-9-12-29(32)31(22-25-11-10-19-36-25)21-23-13-18-27(35-2)28(20-23)37-38(33,34)26-16-14-24(30)15-17-26/h10-11,13-20H,3-9,12,21-22H2,1-2H3. The van der Waals surface area contributed by atoms with Crippen LogP contribution in [-0.4, -0.2) is 26.3 Å². The van der Waals surface area contributed by atoms with Crippen molar-refractivity contribution < 1.29 is 30.9 Å². The Bertz CT molecular complexity index is 1240. The van der Waals surface area contributed by atoms with E-state index in [0.717, 1.165) is 43.5 Å². The maximum Gasteiger partial charge on any atom is 0.339 e. The number of methoxy groups -OCH3 is 1. The third-order valence-corrected chi connectivity index (χ3v) is 7.43. The van der Waals surface area contributed by atoms with Crippen LogP contribution < -0.4 is 8.92 Å². The molecule has 0 aliphatic heterocycles. The fourth-order valence-electron chi connectivity index (χ4n) is 4.09. The maximum atomic E-state index is 13.3. The molecule has 0 radical (unpaired) electrons. The number of benzene rings is 2. The normalized spacial score (nSPS) is 11.3. The summed E-state index contributed by atoms with van der Waals surface area (Å²) < 4.78 is 55.0. The van der Waals surface area contributed by atoms with E-state index in [9.17, 15) is 17.6 Å². The monoisotopic (exact) mass is 545 g/mol. The van der Waals surface area contributed by atoms with Crippen LogP contribution >= 0.6 is 0 Å². The van der Waals surface area contributed by atoms with Gasteiger partial charge in [-0.1, -0.05) is 51.5 Å². The van der Waals surface area contributed by atoms with E-state index in [-0.39, 0.29) is 28.8 Å². The lowest BCUT2D eigenvalue weighted by Gasteiger charge is -2.22. The van der Waals surface area contributed by atoms with E-state index in [4.69, 9.17) is 13.3 Å². The van der Waals surface area contributed by atoms with Crippen LogP contribution in [0.1, 0.15) is 69.6 Å². The van der Waals surface area contributed by atoms with Gasteiger partial charge < -0.3 is 18.2 Å². The lowest BCUT2D eigenvalue weighted by atomic mass is 10.1. The highest BCUT2D eigenvalue weighted by molar-refractivity contribution is 7.87. The summed E-state index contributed by atoms with van der Waals surface area (Å²) in [6.45, 7) is 2.71. The average Bonchev–Trinajstić information content (AvgIpc) is 3.41. The second-order valence-corrected chi connectivity index (χ2v) is 10.7. The predicted octanol–water partition coefficient (Wildman–Crippen LogP) is 6.86. The molecule has 9 heteroatoms. The molecule has 7 nitrogen and oxygen atoms in total. The Kier molecular flexibility index (Phi) is 11.2. The van der Waals surface area contributed by atoms with Gasteiger partial charge in [-0.05, 0) is 60.5 Å². The molecule has 0 bridgehead atoms. The number of unbranched alkanes of at least 4 members (excludes halogenated alkanes) is 6. The van der Waals surface area contributed by atoms with Crippen LogP contribution in [0.15, 0.2) is 70.2 Å². The molecule has 0 atom stereocenters. The molecule has 3 rings (SSSR count). The molecule has 0 aliphatic rings. The summed E-state index contributed by atoms with van der Waals surface area (Å²) in [5, 5.41) is 0. The highest BCUT2D eigenvalue weighted by Gasteiger charge is 2.21. The van der Waals surface area contributed by atoms with Gasteiger partial charge in [-0.3, -0.25) is 4.79 Å². The van der Waals surface area contributed by atoms with Crippen molar-refractivity contribution in [3.63, 3.8) is 0 Å². The van der Waals surface area contributed by atoms with Crippen molar-refractivity contribution in [1.82, 2.24) is 4.90 Å². The first-order valence-corrected chi connectivity index (χ1v) is 14.4. The first-order valence-electron chi connectivity index (χ1n) is 13.0. The van der Waals surface area contributed by atoms with E-state index < -0.39 is 15.9 Å². The highest BCUT2D eigenvalue weighted by Crippen LogP contribution is 2.31. The third-order valence-electron chi connectivity index (χ3n) is 6.18. The number of ether oxygens (including phenoxy) is 1. The molecule has 3 aromatic rings. The minimum absolute atomic E-state index is 0.00724. The summed E-state index contributed by atoms with van der Waals surface area (Å²) in [6.07, 6.45) is 9.79. The second-order valence-electron chi connectivity index (χ2n) is 9.18. The number of nitrogens with zero attached hydrogens (tertiary/aromatic N) is 1. The van der Waals surface area contributed by atoms with Gasteiger partial charge in [0.05, 0.1) is 19.9 Å². The second kappa shape index (κ2) is 14.6. The third kappa shape index (κ3) is 8.90. The predicted molar refractivity (Wildman–Crippen MR) is 143 cm³/mol. The summed E-state index contributed by atoms with van der Waals surface area (Å²) in [6, 6.07) is 12.8. The van der Waals surface area contributed by atoms with E-state index in [0.29, 0.717) is 24.3 Å². The Morgan fingerprint density at radius 2 is 1.63 bits per heavy atom. The van der Waals surface area contributed by atoms with Gasteiger partial charge in [0.25, 0.3) is 0 Å². The minimum atomic E-state index is -4.23. The molecule has 0 unspecified atom stereocenters. The van der Waals surface area contributed by atoms with Gasteiger partial charge >= 0.3 is 10.1 Å². The molecule has 1 aromatic heterocycles. The molecular weight excluding hydrogens is 509 g/mol. The van der Waals surface area contributed by atoms with E-state index in [1.807, 2.05) is 6.07 Å². The fraction of sp³-hybridized carbons (Fsp3) is 0.414. The number of halogens is 1. The van der Waals surface area contributed by atoms with Gasteiger partial charge in [-0.2, -0.15) is 8.42 Å². The molecule has 0 N–H and O–H groups in total. The topological polar surface area (TPSA) is 86.0 Å². The number of carbonyl (C=O) groups excluding carboxylic acids is 1. The van der Waals surface area contributed by atoms with Gasteiger partial charge in [0, 0.05) is 13.0 Å².